The topological polar surface area (TPSA) is 146 Å². The molecule has 0 saturated heterocycles. The predicted octanol–water partition coefficient (Wildman–Crippen LogP) is 2.86. The Bertz CT molecular complexity index is 1170. The van der Waals surface area contributed by atoms with Crippen molar-refractivity contribution in [3.8, 4) is 0 Å². The van der Waals surface area contributed by atoms with Gasteiger partial charge in [0.1, 0.15) is 15.4 Å². The predicted molar refractivity (Wildman–Crippen MR) is 100 cm³/mol. The Morgan fingerprint density at radius 1 is 1.40 bits per heavy atom. The zero-order valence-corrected chi connectivity index (χ0v) is 16.0. The first-order chi connectivity index (χ1) is 14.0. The summed E-state index contributed by atoms with van der Waals surface area (Å²) in [5.41, 5.74) is 4.34. The first kappa shape index (κ1) is 21.2. The molecular formula is C16H13F3N6O4S. The zero-order valence-electron chi connectivity index (χ0n) is 15.2. The SMILES string of the molecule is Cc1cc(C(F)(F)F)nc2sc(C(N)=O)c(NC(=O)CCn3ccc([N+](=O)[O-])n3)c12. The average molecular weight is 442 g/mol. The molecule has 3 rings (SSSR count). The van der Waals surface area contributed by atoms with Crippen LogP contribution in [0.3, 0.4) is 0 Å². The van der Waals surface area contributed by atoms with Crippen LogP contribution >= 0.6 is 11.3 Å². The van der Waals surface area contributed by atoms with E-state index in [1.165, 1.54) is 23.9 Å². The van der Waals surface area contributed by atoms with Crippen molar-refractivity contribution in [1.82, 2.24) is 14.8 Å². The van der Waals surface area contributed by atoms with Gasteiger partial charge in [0.25, 0.3) is 5.91 Å². The second-order valence-electron chi connectivity index (χ2n) is 6.17. The van der Waals surface area contributed by atoms with Crippen molar-refractivity contribution < 1.29 is 27.7 Å². The van der Waals surface area contributed by atoms with E-state index in [9.17, 15) is 32.9 Å². The van der Waals surface area contributed by atoms with Gasteiger partial charge < -0.3 is 21.2 Å². The van der Waals surface area contributed by atoms with Gasteiger partial charge in [-0.05, 0) is 23.5 Å². The van der Waals surface area contributed by atoms with Gasteiger partial charge in [0.05, 0.1) is 29.6 Å². The summed E-state index contributed by atoms with van der Waals surface area (Å²) in [6, 6.07) is 1.99. The zero-order chi connectivity index (χ0) is 22.2. The summed E-state index contributed by atoms with van der Waals surface area (Å²) < 4.78 is 40.2. The lowest BCUT2D eigenvalue weighted by Crippen LogP contribution is -2.18. The number of fused-ring (bicyclic) bond motifs is 1. The number of halogens is 3. The molecule has 3 N–H and O–H groups in total. The van der Waals surface area contributed by atoms with Gasteiger partial charge in [-0.25, -0.2) is 4.98 Å². The first-order valence-electron chi connectivity index (χ1n) is 8.26. The molecule has 0 aliphatic carbocycles. The minimum Gasteiger partial charge on any atom is -0.365 e. The number of aromatic nitrogens is 3. The van der Waals surface area contributed by atoms with Gasteiger partial charge >= 0.3 is 12.0 Å². The number of anilines is 1. The molecule has 0 bridgehead atoms. The molecule has 0 spiro atoms. The number of nitro groups is 1. The fourth-order valence-corrected chi connectivity index (χ4v) is 3.77. The Labute approximate surface area is 169 Å². The lowest BCUT2D eigenvalue weighted by molar-refractivity contribution is -0.389. The van der Waals surface area contributed by atoms with Gasteiger partial charge in [-0.2, -0.15) is 17.9 Å². The van der Waals surface area contributed by atoms with Crippen LogP contribution in [0.1, 0.15) is 27.3 Å². The molecule has 30 heavy (non-hydrogen) atoms. The van der Waals surface area contributed by atoms with Crippen LogP contribution in [-0.4, -0.2) is 31.5 Å². The molecule has 3 aromatic rings. The molecule has 2 amide bonds. The lowest BCUT2D eigenvalue weighted by atomic mass is 10.1. The van der Waals surface area contributed by atoms with E-state index in [-0.39, 0.29) is 45.1 Å². The molecule has 0 fully saturated rings. The normalized spacial score (nSPS) is 11.6. The largest absolute Gasteiger partial charge is 0.433 e. The summed E-state index contributed by atoms with van der Waals surface area (Å²) in [6.45, 7) is 1.40. The summed E-state index contributed by atoms with van der Waals surface area (Å²) in [4.78, 5) is 37.4. The minimum absolute atomic E-state index is 0.00308. The Kier molecular flexibility index (Phi) is 5.43. The summed E-state index contributed by atoms with van der Waals surface area (Å²) in [6.07, 6.45) is -3.51. The van der Waals surface area contributed by atoms with Crippen LogP contribution in [0.4, 0.5) is 24.7 Å². The number of hydrogen-bond acceptors (Lipinski definition) is 7. The Balaban J connectivity index is 1.88. The third-order valence-electron chi connectivity index (χ3n) is 4.02. The standard InChI is InChI=1S/C16H13F3N6O4S/c1-7-6-8(16(17,18)19)21-15-11(7)12(13(30-15)14(20)27)22-10(26)3-5-24-4-2-9(23-24)25(28)29/h2,4,6H,3,5H2,1H3,(H2,20,27)(H,22,26). The van der Waals surface area contributed by atoms with Gasteiger partial charge in [-0.15, -0.1) is 11.3 Å². The average Bonchev–Trinajstić information content (AvgIpc) is 3.24. The monoisotopic (exact) mass is 442 g/mol. The van der Waals surface area contributed by atoms with Crippen LogP contribution in [-0.2, 0) is 17.5 Å². The van der Waals surface area contributed by atoms with Gasteiger partial charge in [-0.3, -0.25) is 9.59 Å². The number of rotatable bonds is 6. The number of carbonyl (C=O) groups is 2. The van der Waals surface area contributed by atoms with E-state index in [2.05, 4.69) is 15.4 Å². The highest BCUT2D eigenvalue weighted by Crippen LogP contribution is 2.39. The van der Waals surface area contributed by atoms with E-state index in [0.717, 1.165) is 6.07 Å². The van der Waals surface area contributed by atoms with E-state index in [4.69, 9.17) is 5.73 Å². The van der Waals surface area contributed by atoms with Crippen LogP contribution < -0.4 is 11.1 Å². The molecule has 14 heteroatoms. The molecule has 3 aromatic heterocycles. The summed E-state index contributed by atoms with van der Waals surface area (Å²) >= 11 is 0.647. The number of primary amides is 1. The quantitative estimate of drug-likeness (QED) is 0.443. The van der Waals surface area contributed by atoms with Gasteiger partial charge in [0.15, 0.2) is 0 Å². The minimum atomic E-state index is -4.67. The first-order valence-corrected chi connectivity index (χ1v) is 9.08. The number of aryl methyl sites for hydroxylation is 2. The molecule has 0 radical (unpaired) electrons. The molecule has 0 saturated carbocycles. The van der Waals surface area contributed by atoms with Crippen LogP contribution in [0.25, 0.3) is 10.2 Å². The molecule has 0 atom stereocenters. The molecule has 0 unspecified atom stereocenters. The van der Waals surface area contributed by atoms with Crippen molar-refractivity contribution in [2.24, 2.45) is 5.73 Å². The number of nitrogens with two attached hydrogens (primary N) is 1. The summed E-state index contributed by atoms with van der Waals surface area (Å²) in [7, 11) is 0. The number of hydrogen-bond donors (Lipinski definition) is 2. The maximum absolute atomic E-state index is 13.0. The van der Waals surface area contributed by atoms with Crippen molar-refractivity contribution in [2.75, 3.05) is 5.32 Å². The second-order valence-corrected chi connectivity index (χ2v) is 7.16. The molecule has 0 aliphatic rings. The fourth-order valence-electron chi connectivity index (χ4n) is 2.71. The van der Waals surface area contributed by atoms with Crippen LogP contribution in [0.15, 0.2) is 18.3 Å². The molecule has 10 nitrogen and oxygen atoms in total. The highest BCUT2D eigenvalue weighted by atomic mass is 32.1. The lowest BCUT2D eigenvalue weighted by Gasteiger charge is -2.09. The fraction of sp³-hybridized carbons (Fsp3) is 0.250. The van der Waals surface area contributed by atoms with E-state index < -0.39 is 28.6 Å². The van der Waals surface area contributed by atoms with Crippen molar-refractivity contribution in [2.45, 2.75) is 26.1 Å². The Morgan fingerprint density at radius 2 is 2.10 bits per heavy atom. The third kappa shape index (κ3) is 4.22. The maximum atomic E-state index is 13.0. The molecule has 0 aromatic carbocycles. The number of nitrogens with one attached hydrogen (secondary N) is 1. The number of alkyl halides is 3. The van der Waals surface area contributed by atoms with Crippen LogP contribution in [0, 0.1) is 17.0 Å². The third-order valence-corrected chi connectivity index (χ3v) is 5.12. The van der Waals surface area contributed by atoms with Crippen LogP contribution in [0.2, 0.25) is 0 Å². The van der Waals surface area contributed by atoms with Crippen molar-refractivity contribution in [3.63, 3.8) is 0 Å². The molecule has 0 aliphatic heterocycles. The molecule has 158 valence electrons. The van der Waals surface area contributed by atoms with E-state index >= 15 is 0 Å². The smallest absolute Gasteiger partial charge is 0.365 e. The number of nitrogens with zero attached hydrogens (tertiary/aromatic N) is 4. The molecular weight excluding hydrogens is 429 g/mol. The summed E-state index contributed by atoms with van der Waals surface area (Å²) in [5.74, 6) is -1.89. The number of thiophene rings is 1. The number of amides is 2. The van der Waals surface area contributed by atoms with Gasteiger partial charge in [0, 0.05) is 11.8 Å². The van der Waals surface area contributed by atoms with Gasteiger partial charge in [0.2, 0.25) is 5.91 Å². The highest BCUT2D eigenvalue weighted by molar-refractivity contribution is 7.21. The van der Waals surface area contributed by atoms with E-state index in [1.54, 1.807) is 0 Å². The van der Waals surface area contributed by atoms with E-state index in [1.807, 2.05) is 0 Å². The van der Waals surface area contributed by atoms with Gasteiger partial charge in [-0.1, -0.05) is 0 Å². The van der Waals surface area contributed by atoms with E-state index in [0.29, 0.717) is 11.3 Å². The van der Waals surface area contributed by atoms with Crippen molar-refractivity contribution in [3.05, 3.63) is 44.6 Å². The number of pyridine rings is 1. The molecule has 3 heterocycles. The van der Waals surface area contributed by atoms with Crippen molar-refractivity contribution in [1.29, 1.82) is 0 Å². The summed E-state index contributed by atoms with van der Waals surface area (Å²) in [5, 5.41) is 17.0. The Hall–Kier alpha value is -3.55. The van der Waals surface area contributed by atoms with Crippen LogP contribution in [0.5, 0.6) is 0 Å². The Morgan fingerprint density at radius 3 is 2.67 bits per heavy atom. The second kappa shape index (κ2) is 7.70. The maximum Gasteiger partial charge on any atom is 0.433 e. The number of carbonyl (C=O) groups excluding carboxylic acids is 2. The highest BCUT2D eigenvalue weighted by Gasteiger charge is 2.34. The van der Waals surface area contributed by atoms with Crippen molar-refractivity contribution >= 4 is 44.9 Å².